The van der Waals surface area contributed by atoms with Crippen LogP contribution in [0.2, 0.25) is 0 Å². The third-order valence-electron chi connectivity index (χ3n) is 2.44. The molecule has 1 atom stereocenters. The summed E-state index contributed by atoms with van der Waals surface area (Å²) in [6.07, 6.45) is 0.583. The smallest absolute Gasteiger partial charge is 0.237 e. The number of carbonyl (C=O) groups excluding carboxylic acids is 3. The number of thioether (sulfide) groups is 1. The SMILES string of the molecule is CCC(SC(C)=O)C(=O)Nc1ccc(NC(C)=O)cc1. The molecule has 0 fully saturated rings. The molecule has 1 rings (SSSR count). The van der Waals surface area contributed by atoms with E-state index in [4.69, 9.17) is 0 Å². The lowest BCUT2D eigenvalue weighted by Gasteiger charge is -2.13. The Morgan fingerprint density at radius 1 is 1.05 bits per heavy atom. The lowest BCUT2D eigenvalue weighted by molar-refractivity contribution is -0.116. The van der Waals surface area contributed by atoms with Crippen molar-refractivity contribution in [1.29, 1.82) is 0 Å². The van der Waals surface area contributed by atoms with Crippen LogP contribution in [0, 0.1) is 0 Å². The fourth-order valence-electron chi connectivity index (χ4n) is 1.59. The zero-order chi connectivity index (χ0) is 15.1. The van der Waals surface area contributed by atoms with E-state index >= 15 is 0 Å². The van der Waals surface area contributed by atoms with Gasteiger partial charge in [0.25, 0.3) is 0 Å². The van der Waals surface area contributed by atoms with E-state index in [1.165, 1.54) is 13.8 Å². The minimum absolute atomic E-state index is 0.0759. The average molecular weight is 294 g/mol. The van der Waals surface area contributed by atoms with Gasteiger partial charge in [-0.2, -0.15) is 0 Å². The Hall–Kier alpha value is -1.82. The number of anilines is 2. The summed E-state index contributed by atoms with van der Waals surface area (Å²) in [6.45, 7) is 4.74. The molecule has 20 heavy (non-hydrogen) atoms. The standard InChI is InChI=1S/C14H18N2O3S/c1-4-13(20-10(3)18)14(19)16-12-7-5-11(6-8-12)15-9(2)17/h5-8,13H,4H2,1-3H3,(H,15,17)(H,16,19). The molecule has 0 saturated carbocycles. The van der Waals surface area contributed by atoms with Crippen LogP contribution in [-0.4, -0.2) is 22.2 Å². The van der Waals surface area contributed by atoms with Gasteiger partial charge >= 0.3 is 0 Å². The van der Waals surface area contributed by atoms with Crippen LogP contribution in [-0.2, 0) is 14.4 Å². The minimum Gasteiger partial charge on any atom is -0.326 e. The largest absolute Gasteiger partial charge is 0.326 e. The highest BCUT2D eigenvalue weighted by Gasteiger charge is 2.19. The van der Waals surface area contributed by atoms with Gasteiger partial charge in [-0.3, -0.25) is 14.4 Å². The molecule has 0 bridgehead atoms. The van der Waals surface area contributed by atoms with Crippen LogP contribution in [0.3, 0.4) is 0 Å². The molecule has 0 aliphatic heterocycles. The third-order valence-corrected chi connectivity index (χ3v) is 3.61. The Kier molecular flexibility index (Phi) is 6.24. The van der Waals surface area contributed by atoms with E-state index in [2.05, 4.69) is 10.6 Å². The number of nitrogens with one attached hydrogen (secondary N) is 2. The van der Waals surface area contributed by atoms with Gasteiger partial charge in [0.1, 0.15) is 0 Å². The van der Waals surface area contributed by atoms with Gasteiger partial charge in [0.15, 0.2) is 5.12 Å². The first-order chi connectivity index (χ1) is 9.42. The first-order valence-electron chi connectivity index (χ1n) is 6.28. The van der Waals surface area contributed by atoms with Gasteiger partial charge in [-0.05, 0) is 30.7 Å². The Bertz CT molecular complexity index is 500. The molecule has 0 spiro atoms. The molecule has 0 saturated heterocycles. The van der Waals surface area contributed by atoms with Crippen molar-refractivity contribution < 1.29 is 14.4 Å². The van der Waals surface area contributed by atoms with Crippen molar-refractivity contribution in [2.75, 3.05) is 10.6 Å². The molecule has 1 aromatic rings. The molecule has 2 N–H and O–H groups in total. The predicted octanol–water partition coefficient (Wildman–Crippen LogP) is 2.64. The molecular formula is C14H18N2O3S. The zero-order valence-corrected chi connectivity index (χ0v) is 12.5. The summed E-state index contributed by atoms with van der Waals surface area (Å²) < 4.78 is 0. The Morgan fingerprint density at radius 2 is 1.55 bits per heavy atom. The van der Waals surface area contributed by atoms with Crippen LogP contribution in [0.25, 0.3) is 0 Å². The van der Waals surface area contributed by atoms with Gasteiger partial charge in [0, 0.05) is 25.2 Å². The van der Waals surface area contributed by atoms with Gasteiger partial charge < -0.3 is 10.6 Å². The second kappa shape index (κ2) is 7.69. The maximum absolute atomic E-state index is 12.0. The number of amides is 2. The molecule has 0 heterocycles. The summed E-state index contributed by atoms with van der Waals surface area (Å²) in [6, 6.07) is 6.81. The second-order valence-electron chi connectivity index (χ2n) is 4.25. The number of carbonyl (C=O) groups is 3. The molecule has 5 nitrogen and oxygen atoms in total. The van der Waals surface area contributed by atoms with Crippen molar-refractivity contribution >= 4 is 40.1 Å². The Labute approximate surface area is 122 Å². The van der Waals surface area contributed by atoms with Crippen molar-refractivity contribution in [3.8, 4) is 0 Å². The molecule has 1 aromatic carbocycles. The third kappa shape index (κ3) is 5.44. The van der Waals surface area contributed by atoms with E-state index < -0.39 is 0 Å². The highest BCUT2D eigenvalue weighted by Crippen LogP contribution is 2.19. The van der Waals surface area contributed by atoms with Gasteiger partial charge in [-0.15, -0.1) is 0 Å². The van der Waals surface area contributed by atoms with Gasteiger partial charge in [0.2, 0.25) is 11.8 Å². The number of hydrogen-bond acceptors (Lipinski definition) is 4. The molecule has 1 unspecified atom stereocenters. The van der Waals surface area contributed by atoms with E-state index in [0.717, 1.165) is 11.8 Å². The molecular weight excluding hydrogens is 276 g/mol. The monoisotopic (exact) mass is 294 g/mol. The summed E-state index contributed by atoms with van der Waals surface area (Å²) >= 11 is 1.03. The highest BCUT2D eigenvalue weighted by atomic mass is 32.2. The second-order valence-corrected chi connectivity index (χ2v) is 5.63. The summed E-state index contributed by atoms with van der Waals surface area (Å²) in [5, 5.41) is 4.94. The fraction of sp³-hybridized carbons (Fsp3) is 0.357. The normalized spacial score (nSPS) is 11.6. The zero-order valence-electron chi connectivity index (χ0n) is 11.7. The molecule has 0 aliphatic rings. The molecule has 108 valence electrons. The van der Waals surface area contributed by atoms with E-state index in [-0.39, 0.29) is 22.2 Å². The van der Waals surface area contributed by atoms with Gasteiger partial charge in [-0.25, -0.2) is 0 Å². The van der Waals surface area contributed by atoms with Gasteiger partial charge in [0.05, 0.1) is 5.25 Å². The lowest BCUT2D eigenvalue weighted by Crippen LogP contribution is -2.25. The lowest BCUT2D eigenvalue weighted by atomic mass is 10.2. The number of benzene rings is 1. The van der Waals surface area contributed by atoms with E-state index in [1.807, 2.05) is 6.92 Å². The van der Waals surface area contributed by atoms with Crippen LogP contribution >= 0.6 is 11.8 Å². The topological polar surface area (TPSA) is 75.3 Å². The van der Waals surface area contributed by atoms with Crippen LogP contribution in [0.5, 0.6) is 0 Å². The fourth-order valence-corrected chi connectivity index (χ4v) is 2.32. The molecule has 6 heteroatoms. The summed E-state index contributed by atoms with van der Waals surface area (Å²) in [5.74, 6) is -0.342. The Balaban J connectivity index is 2.65. The average Bonchev–Trinajstić information content (AvgIpc) is 2.37. The maximum Gasteiger partial charge on any atom is 0.237 e. The number of rotatable bonds is 5. The minimum atomic E-state index is -0.387. The van der Waals surface area contributed by atoms with Crippen LogP contribution in [0.15, 0.2) is 24.3 Å². The molecule has 0 aliphatic carbocycles. The van der Waals surface area contributed by atoms with Crippen LogP contribution in [0.1, 0.15) is 27.2 Å². The molecule has 0 aromatic heterocycles. The van der Waals surface area contributed by atoms with Crippen LogP contribution in [0.4, 0.5) is 11.4 Å². The molecule has 2 amide bonds. The van der Waals surface area contributed by atoms with Crippen molar-refractivity contribution in [2.45, 2.75) is 32.4 Å². The van der Waals surface area contributed by atoms with Crippen molar-refractivity contribution in [1.82, 2.24) is 0 Å². The summed E-state index contributed by atoms with van der Waals surface area (Å²) in [4.78, 5) is 33.9. The summed E-state index contributed by atoms with van der Waals surface area (Å²) in [7, 11) is 0. The summed E-state index contributed by atoms with van der Waals surface area (Å²) in [5.41, 5.74) is 1.30. The van der Waals surface area contributed by atoms with Crippen molar-refractivity contribution in [3.63, 3.8) is 0 Å². The Morgan fingerprint density at radius 3 is 1.95 bits per heavy atom. The predicted molar refractivity (Wildman–Crippen MR) is 81.7 cm³/mol. The van der Waals surface area contributed by atoms with E-state index in [1.54, 1.807) is 24.3 Å². The van der Waals surface area contributed by atoms with Gasteiger partial charge in [-0.1, -0.05) is 18.7 Å². The van der Waals surface area contributed by atoms with E-state index in [0.29, 0.717) is 17.8 Å². The highest BCUT2D eigenvalue weighted by molar-refractivity contribution is 8.14. The van der Waals surface area contributed by atoms with Crippen molar-refractivity contribution in [2.24, 2.45) is 0 Å². The maximum atomic E-state index is 12.0. The first kappa shape index (κ1) is 16.2. The number of hydrogen-bond donors (Lipinski definition) is 2. The first-order valence-corrected chi connectivity index (χ1v) is 7.16. The molecule has 0 radical (unpaired) electrons. The van der Waals surface area contributed by atoms with Crippen LogP contribution < -0.4 is 10.6 Å². The quantitative estimate of drug-likeness (QED) is 0.875. The van der Waals surface area contributed by atoms with Crippen molar-refractivity contribution in [3.05, 3.63) is 24.3 Å². The van der Waals surface area contributed by atoms with E-state index in [9.17, 15) is 14.4 Å².